The summed E-state index contributed by atoms with van der Waals surface area (Å²) in [6, 6.07) is 20.5. The molecule has 3 aromatic carbocycles. The Hall–Kier alpha value is -2.13. The van der Waals surface area contributed by atoms with E-state index < -0.39 is 0 Å². The van der Waals surface area contributed by atoms with Crippen molar-refractivity contribution in [2.75, 3.05) is 10.5 Å². The lowest BCUT2D eigenvalue weighted by atomic mass is 9.66. The minimum atomic E-state index is -0.0100. The molecule has 0 atom stereocenters. The number of benzene rings is 3. The monoisotopic (exact) mass is 278 g/mol. The smallest absolute Gasteiger partial charge is 0.405 e. The van der Waals surface area contributed by atoms with Crippen LogP contribution in [0, 0.1) is 0 Å². The van der Waals surface area contributed by atoms with E-state index in [1.165, 1.54) is 10.8 Å². The van der Waals surface area contributed by atoms with Crippen LogP contribution in [0.2, 0.25) is 5.02 Å². The van der Waals surface area contributed by atoms with Crippen LogP contribution in [-0.2, 0) is 0 Å². The van der Waals surface area contributed by atoms with E-state index >= 15 is 0 Å². The lowest BCUT2D eigenvalue weighted by molar-refractivity contribution is 1.60. The molecule has 0 unspecified atom stereocenters. The van der Waals surface area contributed by atoms with Gasteiger partial charge in [-0.2, -0.15) is 0 Å². The molecule has 96 valence electrons. The Morgan fingerprint density at radius 2 is 1.40 bits per heavy atom. The molecule has 20 heavy (non-hydrogen) atoms. The molecule has 0 saturated heterocycles. The number of halogens is 1. The second-order valence-electron chi connectivity index (χ2n) is 4.95. The van der Waals surface area contributed by atoms with Crippen LogP contribution in [0.15, 0.2) is 60.7 Å². The van der Waals surface area contributed by atoms with Gasteiger partial charge < -0.3 is 10.5 Å². The second kappa shape index (κ2) is 4.46. The van der Waals surface area contributed by atoms with Crippen molar-refractivity contribution in [3.05, 3.63) is 65.7 Å². The predicted molar refractivity (Wildman–Crippen MR) is 88.0 cm³/mol. The highest BCUT2D eigenvalue weighted by molar-refractivity contribution is 6.82. The number of rotatable bonds is 1. The zero-order valence-corrected chi connectivity index (χ0v) is 11.5. The quantitative estimate of drug-likeness (QED) is 0.663. The van der Waals surface area contributed by atoms with Gasteiger partial charge in [-0.3, -0.25) is 0 Å². The highest BCUT2D eigenvalue weighted by atomic mass is 35.5. The van der Waals surface area contributed by atoms with Gasteiger partial charge in [-0.25, -0.2) is 0 Å². The maximum absolute atomic E-state index is 6.31. The Morgan fingerprint density at radius 1 is 0.750 bits per heavy atom. The van der Waals surface area contributed by atoms with Crippen LogP contribution < -0.4 is 15.9 Å². The second-order valence-corrected chi connectivity index (χ2v) is 5.36. The first kappa shape index (κ1) is 11.7. The average molecular weight is 279 g/mol. The highest BCUT2D eigenvalue weighted by Crippen LogP contribution is 2.33. The Balaban J connectivity index is 1.86. The van der Waals surface area contributed by atoms with Crippen LogP contribution in [0.5, 0.6) is 0 Å². The van der Waals surface area contributed by atoms with E-state index in [9.17, 15) is 0 Å². The Bertz CT molecular complexity index is 763. The summed E-state index contributed by atoms with van der Waals surface area (Å²) in [7, 11) is 0. The van der Waals surface area contributed by atoms with Gasteiger partial charge in [-0.15, -0.1) is 0 Å². The van der Waals surface area contributed by atoms with E-state index in [0.29, 0.717) is 0 Å². The lowest BCUT2D eigenvalue weighted by Crippen LogP contribution is -2.48. The van der Waals surface area contributed by atoms with Crippen molar-refractivity contribution in [2.24, 2.45) is 0 Å². The van der Waals surface area contributed by atoms with Gasteiger partial charge in [0, 0.05) is 21.8 Å². The van der Waals surface area contributed by atoms with Gasteiger partial charge in [-0.05, 0) is 29.0 Å². The standard InChI is InChI=1S/C16H12BClN2/c18-13-8-2-1-7-12(13)17-19-14-9-3-5-11-6-4-10-15(20-17)16(11)14/h1-10,19-20H. The number of hydrogen-bond donors (Lipinski definition) is 2. The van der Waals surface area contributed by atoms with E-state index in [0.717, 1.165) is 21.9 Å². The lowest BCUT2D eigenvalue weighted by Gasteiger charge is -2.27. The van der Waals surface area contributed by atoms with E-state index in [1.54, 1.807) is 0 Å². The normalized spacial score (nSPS) is 12.9. The third-order valence-electron chi connectivity index (χ3n) is 3.72. The summed E-state index contributed by atoms with van der Waals surface area (Å²) in [6.45, 7) is -0.0100. The topological polar surface area (TPSA) is 24.1 Å². The Morgan fingerprint density at radius 3 is 2.05 bits per heavy atom. The van der Waals surface area contributed by atoms with Gasteiger partial charge in [0.1, 0.15) is 0 Å². The summed E-state index contributed by atoms with van der Waals surface area (Å²) in [5.74, 6) is 0. The number of nitrogens with one attached hydrogen (secondary N) is 2. The highest BCUT2D eigenvalue weighted by Gasteiger charge is 2.26. The van der Waals surface area contributed by atoms with Crippen molar-refractivity contribution in [3.8, 4) is 0 Å². The third-order valence-corrected chi connectivity index (χ3v) is 4.06. The Labute approximate surface area is 122 Å². The van der Waals surface area contributed by atoms with E-state index in [-0.39, 0.29) is 6.98 Å². The minimum absolute atomic E-state index is 0.0100. The largest absolute Gasteiger partial charge is 0.407 e. The molecule has 1 aliphatic rings. The van der Waals surface area contributed by atoms with E-state index in [2.05, 4.69) is 46.9 Å². The third kappa shape index (κ3) is 1.74. The SMILES string of the molecule is Clc1ccccc1B1Nc2cccc3cccc(c23)N1. The molecule has 0 aromatic heterocycles. The van der Waals surface area contributed by atoms with Crippen molar-refractivity contribution in [1.29, 1.82) is 0 Å². The summed E-state index contributed by atoms with van der Waals surface area (Å²) >= 11 is 6.31. The van der Waals surface area contributed by atoms with E-state index in [4.69, 9.17) is 11.6 Å². The molecule has 0 aliphatic carbocycles. The molecule has 0 amide bonds. The molecule has 0 spiro atoms. The first-order valence-corrected chi connectivity index (χ1v) is 7.00. The zero-order chi connectivity index (χ0) is 13.5. The van der Waals surface area contributed by atoms with Crippen LogP contribution in [0.3, 0.4) is 0 Å². The van der Waals surface area contributed by atoms with Crippen molar-refractivity contribution in [2.45, 2.75) is 0 Å². The molecular weight excluding hydrogens is 266 g/mol. The number of hydrogen-bond acceptors (Lipinski definition) is 2. The minimum Gasteiger partial charge on any atom is -0.405 e. The van der Waals surface area contributed by atoms with Crippen molar-refractivity contribution in [3.63, 3.8) is 0 Å². The first-order chi connectivity index (χ1) is 9.83. The van der Waals surface area contributed by atoms with Crippen molar-refractivity contribution >= 4 is 46.2 Å². The fraction of sp³-hybridized carbons (Fsp3) is 0. The predicted octanol–water partition coefficient (Wildman–Crippen LogP) is 3.73. The summed E-state index contributed by atoms with van der Waals surface area (Å²) < 4.78 is 0. The summed E-state index contributed by atoms with van der Waals surface area (Å²) in [5, 5.41) is 10.3. The van der Waals surface area contributed by atoms with Gasteiger partial charge in [0.15, 0.2) is 0 Å². The molecule has 4 rings (SSSR count). The molecule has 1 heterocycles. The maximum Gasteiger partial charge on any atom is 0.407 e. The van der Waals surface area contributed by atoms with E-state index in [1.807, 2.05) is 24.3 Å². The summed E-state index contributed by atoms with van der Waals surface area (Å²) in [6.07, 6.45) is 0. The van der Waals surface area contributed by atoms with Crippen LogP contribution in [0.4, 0.5) is 11.4 Å². The molecule has 2 N–H and O–H groups in total. The molecule has 0 bridgehead atoms. The van der Waals surface area contributed by atoms with Gasteiger partial charge in [-0.1, -0.05) is 54.1 Å². The molecule has 3 aromatic rings. The summed E-state index contributed by atoms with van der Waals surface area (Å²) in [4.78, 5) is 0. The van der Waals surface area contributed by atoms with Gasteiger partial charge >= 0.3 is 6.98 Å². The van der Waals surface area contributed by atoms with Gasteiger partial charge in [0.2, 0.25) is 0 Å². The summed E-state index contributed by atoms with van der Waals surface area (Å²) in [5.41, 5.74) is 3.34. The van der Waals surface area contributed by atoms with Crippen molar-refractivity contribution < 1.29 is 0 Å². The number of anilines is 2. The molecule has 0 radical (unpaired) electrons. The Kier molecular flexibility index (Phi) is 2.61. The molecule has 4 heteroatoms. The van der Waals surface area contributed by atoms with Crippen LogP contribution >= 0.6 is 11.6 Å². The average Bonchev–Trinajstić information content (AvgIpc) is 2.48. The van der Waals surface area contributed by atoms with Crippen LogP contribution in [0.1, 0.15) is 0 Å². The molecule has 1 aliphatic heterocycles. The molecular formula is C16H12BClN2. The molecule has 0 fully saturated rings. The van der Waals surface area contributed by atoms with Crippen molar-refractivity contribution in [1.82, 2.24) is 0 Å². The fourth-order valence-corrected chi connectivity index (χ4v) is 3.04. The molecule has 0 saturated carbocycles. The molecule has 2 nitrogen and oxygen atoms in total. The van der Waals surface area contributed by atoms with Gasteiger partial charge in [0.05, 0.1) is 0 Å². The maximum atomic E-state index is 6.31. The van der Waals surface area contributed by atoms with Gasteiger partial charge in [0.25, 0.3) is 0 Å². The zero-order valence-electron chi connectivity index (χ0n) is 10.7. The first-order valence-electron chi connectivity index (χ1n) is 6.62. The fourth-order valence-electron chi connectivity index (χ4n) is 2.79. The van der Waals surface area contributed by atoms with Crippen LogP contribution in [-0.4, -0.2) is 6.98 Å². The van der Waals surface area contributed by atoms with Crippen LogP contribution in [0.25, 0.3) is 10.8 Å².